The summed E-state index contributed by atoms with van der Waals surface area (Å²) in [4.78, 5) is 15.4. The van der Waals surface area contributed by atoms with Gasteiger partial charge >= 0.3 is 0 Å². The van der Waals surface area contributed by atoms with Crippen molar-refractivity contribution in [2.45, 2.75) is 13.5 Å². The Bertz CT molecular complexity index is 731. The summed E-state index contributed by atoms with van der Waals surface area (Å²) >= 11 is 0. The minimum atomic E-state index is 0.00813. The summed E-state index contributed by atoms with van der Waals surface area (Å²) < 4.78 is 9.26. The van der Waals surface area contributed by atoms with Crippen LogP contribution in [0.1, 0.15) is 17.3 Å². The fourth-order valence-electron chi connectivity index (χ4n) is 2.01. The first kappa shape index (κ1) is 12.4. The summed E-state index contributed by atoms with van der Waals surface area (Å²) in [6, 6.07) is 3.69. The molecule has 0 saturated heterocycles. The minimum absolute atomic E-state index is 0.00813. The van der Waals surface area contributed by atoms with Crippen molar-refractivity contribution in [2.75, 3.05) is 6.61 Å². The number of carbonyl (C=O) groups is 1. The predicted molar refractivity (Wildman–Crippen MR) is 72.9 cm³/mol. The van der Waals surface area contributed by atoms with Crippen LogP contribution in [0.3, 0.4) is 0 Å². The number of imidazole rings is 1. The molecule has 3 aromatic heterocycles. The van der Waals surface area contributed by atoms with Gasteiger partial charge < -0.3 is 9.30 Å². The molecule has 0 N–H and O–H groups in total. The van der Waals surface area contributed by atoms with E-state index < -0.39 is 0 Å². The lowest BCUT2D eigenvalue weighted by atomic mass is 10.2. The lowest BCUT2D eigenvalue weighted by Crippen LogP contribution is -2.06. The molecular weight excluding hydrogens is 256 g/mol. The molecule has 0 aliphatic carbocycles. The molecule has 102 valence electrons. The molecule has 0 bridgehead atoms. The Morgan fingerprint density at radius 2 is 2.30 bits per heavy atom. The van der Waals surface area contributed by atoms with Crippen molar-refractivity contribution in [3.05, 3.63) is 48.8 Å². The average molecular weight is 270 g/mol. The number of nitrogens with zero attached hydrogens (tertiary/aromatic N) is 4. The standard InChI is InChI=1S/C14H14N4O2/c1-11(19)13-8-16-18-9-12(2-3-14(13)18)20-7-6-17-5-4-15-10-17/h2-5,8-10H,6-7H2,1H3. The van der Waals surface area contributed by atoms with Crippen LogP contribution in [0.5, 0.6) is 5.75 Å². The van der Waals surface area contributed by atoms with Gasteiger partial charge in [-0.2, -0.15) is 5.10 Å². The molecule has 3 aromatic rings. The van der Waals surface area contributed by atoms with Crippen molar-refractivity contribution in [1.29, 1.82) is 0 Å². The fourth-order valence-corrected chi connectivity index (χ4v) is 2.01. The third-order valence-corrected chi connectivity index (χ3v) is 3.05. The van der Waals surface area contributed by atoms with E-state index in [4.69, 9.17) is 4.74 Å². The van der Waals surface area contributed by atoms with Gasteiger partial charge in [-0.3, -0.25) is 4.79 Å². The number of hydrogen-bond acceptors (Lipinski definition) is 4. The Morgan fingerprint density at radius 1 is 1.40 bits per heavy atom. The molecule has 20 heavy (non-hydrogen) atoms. The molecule has 0 fully saturated rings. The van der Waals surface area contributed by atoms with E-state index in [0.29, 0.717) is 12.2 Å². The maximum atomic E-state index is 11.4. The van der Waals surface area contributed by atoms with E-state index in [1.165, 1.54) is 6.92 Å². The quantitative estimate of drug-likeness (QED) is 0.663. The zero-order valence-corrected chi connectivity index (χ0v) is 11.1. The molecule has 0 atom stereocenters. The van der Waals surface area contributed by atoms with Crippen LogP contribution in [0.25, 0.3) is 5.52 Å². The van der Waals surface area contributed by atoms with Gasteiger partial charge in [-0.1, -0.05) is 0 Å². The van der Waals surface area contributed by atoms with Gasteiger partial charge in [-0.05, 0) is 19.1 Å². The largest absolute Gasteiger partial charge is 0.490 e. The Hall–Kier alpha value is -2.63. The molecule has 0 aromatic carbocycles. The highest BCUT2D eigenvalue weighted by Crippen LogP contribution is 2.16. The van der Waals surface area contributed by atoms with E-state index in [9.17, 15) is 4.79 Å². The molecule has 6 heteroatoms. The Labute approximate surface area is 115 Å². The number of ketones is 1. The van der Waals surface area contributed by atoms with Crippen LogP contribution < -0.4 is 4.74 Å². The molecule has 0 radical (unpaired) electrons. The molecule has 0 amide bonds. The highest BCUT2D eigenvalue weighted by molar-refractivity contribution is 6.00. The van der Waals surface area contributed by atoms with E-state index in [-0.39, 0.29) is 5.78 Å². The van der Waals surface area contributed by atoms with Crippen LogP contribution in [-0.2, 0) is 6.54 Å². The summed E-state index contributed by atoms with van der Waals surface area (Å²) in [7, 11) is 0. The first-order valence-electron chi connectivity index (χ1n) is 6.31. The van der Waals surface area contributed by atoms with Crippen molar-refractivity contribution >= 4 is 11.3 Å². The Morgan fingerprint density at radius 3 is 3.05 bits per heavy atom. The van der Waals surface area contributed by atoms with Crippen LogP contribution >= 0.6 is 0 Å². The van der Waals surface area contributed by atoms with E-state index in [2.05, 4.69) is 10.1 Å². The van der Waals surface area contributed by atoms with Gasteiger partial charge in [-0.15, -0.1) is 0 Å². The van der Waals surface area contributed by atoms with Gasteiger partial charge in [0.05, 0.1) is 36.3 Å². The number of hydrogen-bond donors (Lipinski definition) is 0. The number of aromatic nitrogens is 4. The lowest BCUT2D eigenvalue weighted by Gasteiger charge is -2.07. The maximum Gasteiger partial charge on any atom is 0.163 e. The van der Waals surface area contributed by atoms with Crippen LogP contribution in [0.4, 0.5) is 0 Å². The van der Waals surface area contributed by atoms with Crippen molar-refractivity contribution in [3.8, 4) is 5.75 Å². The SMILES string of the molecule is CC(=O)c1cnn2cc(OCCn3ccnc3)ccc12. The van der Waals surface area contributed by atoms with Gasteiger partial charge in [0.25, 0.3) is 0 Å². The third-order valence-electron chi connectivity index (χ3n) is 3.05. The smallest absolute Gasteiger partial charge is 0.163 e. The second kappa shape index (κ2) is 5.16. The third kappa shape index (κ3) is 2.40. The van der Waals surface area contributed by atoms with Gasteiger partial charge in [-0.25, -0.2) is 9.50 Å². The van der Waals surface area contributed by atoms with Gasteiger partial charge in [0.1, 0.15) is 12.4 Å². The molecule has 0 saturated carbocycles. The zero-order valence-electron chi connectivity index (χ0n) is 11.1. The van der Waals surface area contributed by atoms with E-state index >= 15 is 0 Å². The Kier molecular flexibility index (Phi) is 3.20. The minimum Gasteiger partial charge on any atom is -0.490 e. The zero-order chi connectivity index (χ0) is 13.9. The normalized spacial score (nSPS) is 10.8. The number of rotatable bonds is 5. The van der Waals surface area contributed by atoms with Crippen molar-refractivity contribution < 1.29 is 9.53 Å². The van der Waals surface area contributed by atoms with Crippen LogP contribution in [0, 0.1) is 0 Å². The molecule has 6 nitrogen and oxygen atoms in total. The molecule has 0 unspecified atom stereocenters. The highest BCUT2D eigenvalue weighted by atomic mass is 16.5. The summed E-state index contributed by atoms with van der Waals surface area (Å²) in [5, 5.41) is 4.16. The summed E-state index contributed by atoms with van der Waals surface area (Å²) in [6.45, 7) is 2.81. The summed E-state index contributed by atoms with van der Waals surface area (Å²) in [6.07, 6.45) is 8.72. The van der Waals surface area contributed by atoms with Gasteiger partial charge in [0, 0.05) is 12.4 Å². The van der Waals surface area contributed by atoms with E-state index in [0.717, 1.165) is 17.8 Å². The fraction of sp³-hybridized carbons (Fsp3) is 0.214. The molecule has 3 rings (SSSR count). The van der Waals surface area contributed by atoms with Crippen molar-refractivity contribution in [2.24, 2.45) is 0 Å². The second-order valence-corrected chi connectivity index (χ2v) is 4.46. The first-order chi connectivity index (χ1) is 9.74. The monoisotopic (exact) mass is 270 g/mol. The number of Topliss-reactive ketones (excluding diaryl/α,β-unsaturated/α-hetero) is 1. The predicted octanol–water partition coefficient (Wildman–Crippen LogP) is 1.81. The molecular formula is C14H14N4O2. The Balaban J connectivity index is 1.71. The van der Waals surface area contributed by atoms with Crippen LogP contribution in [0.15, 0.2) is 43.2 Å². The summed E-state index contributed by atoms with van der Waals surface area (Å²) in [5.41, 5.74) is 1.41. The van der Waals surface area contributed by atoms with Crippen LogP contribution in [0.2, 0.25) is 0 Å². The number of pyridine rings is 1. The van der Waals surface area contributed by atoms with E-state index in [1.54, 1.807) is 29.4 Å². The first-order valence-corrected chi connectivity index (χ1v) is 6.31. The highest BCUT2D eigenvalue weighted by Gasteiger charge is 2.08. The van der Waals surface area contributed by atoms with Crippen molar-refractivity contribution in [1.82, 2.24) is 19.2 Å². The van der Waals surface area contributed by atoms with Gasteiger partial charge in [0.2, 0.25) is 0 Å². The molecule has 0 aliphatic heterocycles. The molecule has 3 heterocycles. The number of carbonyl (C=O) groups excluding carboxylic acids is 1. The molecule has 0 spiro atoms. The topological polar surface area (TPSA) is 61.4 Å². The van der Waals surface area contributed by atoms with Crippen LogP contribution in [-0.4, -0.2) is 31.6 Å². The summed E-state index contributed by atoms with van der Waals surface area (Å²) in [5.74, 6) is 0.726. The average Bonchev–Trinajstić information content (AvgIpc) is 3.06. The second-order valence-electron chi connectivity index (χ2n) is 4.46. The lowest BCUT2D eigenvalue weighted by molar-refractivity contribution is 0.101. The van der Waals surface area contributed by atoms with Gasteiger partial charge in [0.15, 0.2) is 5.78 Å². The molecule has 0 aliphatic rings. The van der Waals surface area contributed by atoms with E-state index in [1.807, 2.05) is 22.9 Å². The number of fused-ring (bicyclic) bond motifs is 1. The maximum absolute atomic E-state index is 11.4. The van der Waals surface area contributed by atoms with Crippen molar-refractivity contribution in [3.63, 3.8) is 0 Å². The number of ether oxygens (including phenoxy) is 1.